The molecule has 1 aromatic carbocycles. The number of imide groups is 1. The van der Waals surface area contributed by atoms with Gasteiger partial charge in [-0.15, -0.1) is 11.8 Å². The summed E-state index contributed by atoms with van der Waals surface area (Å²) in [5, 5.41) is 39.9. The third-order valence-electron chi connectivity index (χ3n) is 9.78. The minimum atomic E-state index is -1.27. The first kappa shape index (κ1) is 54.2. The number of carboxylic acids is 1. The lowest BCUT2D eigenvalue weighted by molar-refractivity contribution is -0.141. The summed E-state index contributed by atoms with van der Waals surface area (Å²) in [6, 6.07) is 1.58. The van der Waals surface area contributed by atoms with Gasteiger partial charge in [-0.05, 0) is 72.7 Å². The van der Waals surface area contributed by atoms with Gasteiger partial charge in [0, 0.05) is 53.6 Å². The van der Waals surface area contributed by atoms with Gasteiger partial charge in [0.25, 0.3) is 0 Å². The lowest BCUT2D eigenvalue weighted by atomic mass is 9.93. The molecule has 10 amide bonds. The van der Waals surface area contributed by atoms with Crippen LogP contribution in [0, 0.1) is 0 Å². The Morgan fingerprint density at radius 1 is 0.785 bits per heavy atom. The zero-order chi connectivity index (χ0) is 48.2. The molecule has 2 aliphatic rings. The van der Waals surface area contributed by atoms with E-state index in [1.165, 1.54) is 13.8 Å². The van der Waals surface area contributed by atoms with E-state index in [4.69, 9.17) is 5.11 Å². The minimum absolute atomic E-state index is 0.0115. The van der Waals surface area contributed by atoms with Crippen LogP contribution >= 0.6 is 43.6 Å². The van der Waals surface area contributed by atoms with Crippen LogP contribution in [0.25, 0.3) is 0 Å². The number of nitrogens with one attached hydrogen (secondary N) is 9. The Morgan fingerprint density at radius 3 is 1.89 bits per heavy atom. The quantitative estimate of drug-likeness (QED) is 0.0466. The first-order valence-electron chi connectivity index (χ1n) is 20.5. The molecule has 3 atom stereocenters. The summed E-state index contributed by atoms with van der Waals surface area (Å²) in [6.07, 6.45) is 2.91. The number of carboxylic acid groups (broad SMARTS) is 1. The van der Waals surface area contributed by atoms with Crippen molar-refractivity contribution in [2.75, 3.05) is 50.3 Å². The molecule has 0 radical (unpaired) electrons. The largest absolute Gasteiger partial charge is 0.480 e. The fourth-order valence-electron chi connectivity index (χ4n) is 6.31. The van der Waals surface area contributed by atoms with E-state index in [0.717, 1.165) is 52.4 Å². The minimum Gasteiger partial charge on any atom is -0.480 e. The predicted molar refractivity (Wildman–Crippen MR) is 240 cm³/mol. The van der Waals surface area contributed by atoms with Crippen molar-refractivity contribution in [2.24, 2.45) is 0 Å². The number of anilines is 1. The maximum atomic E-state index is 13.2. The van der Waals surface area contributed by atoms with E-state index in [1.54, 1.807) is 0 Å². The molecule has 2 fully saturated rings. The van der Waals surface area contributed by atoms with E-state index >= 15 is 0 Å². The van der Waals surface area contributed by atoms with Gasteiger partial charge >= 0.3 is 5.97 Å². The molecular weight excluding hydrogens is 1010 g/mol. The number of carbonyl (C=O) groups is 11. The molecule has 1 heterocycles. The van der Waals surface area contributed by atoms with Gasteiger partial charge in [-0.1, -0.05) is 15.9 Å². The van der Waals surface area contributed by atoms with Gasteiger partial charge < -0.3 is 58.1 Å². The highest BCUT2D eigenvalue weighted by Crippen LogP contribution is 2.32. The van der Waals surface area contributed by atoms with Crippen molar-refractivity contribution < 1.29 is 63.0 Å². The topological polar surface area (TPSA) is 340 Å². The summed E-state index contributed by atoms with van der Waals surface area (Å²) < 4.78 is 1.48. The highest BCUT2D eigenvalue weighted by atomic mass is 79.9. The van der Waals surface area contributed by atoms with E-state index in [1.807, 2.05) is 12.1 Å². The second-order valence-corrected chi connectivity index (χ2v) is 18.1. The number of aliphatic hydroxyl groups is 1. The molecule has 26 heteroatoms. The maximum Gasteiger partial charge on any atom is 0.325 e. The molecule has 0 bridgehead atoms. The van der Waals surface area contributed by atoms with Crippen molar-refractivity contribution in [3.63, 3.8) is 0 Å². The van der Waals surface area contributed by atoms with E-state index in [0.29, 0.717) is 16.7 Å². The van der Waals surface area contributed by atoms with Crippen molar-refractivity contribution in [1.29, 1.82) is 0 Å². The number of carbonyl (C=O) groups excluding carboxylic acids is 10. The molecule has 1 aromatic rings. The molecule has 1 aliphatic heterocycles. The van der Waals surface area contributed by atoms with Crippen LogP contribution in [0.2, 0.25) is 0 Å². The van der Waals surface area contributed by atoms with Gasteiger partial charge in [-0.3, -0.25) is 57.6 Å². The van der Waals surface area contributed by atoms with Crippen LogP contribution in [0.4, 0.5) is 5.69 Å². The number of likely N-dealkylation sites (tertiary alicyclic amines) is 1. The fourth-order valence-corrected chi connectivity index (χ4v) is 8.91. The Balaban J connectivity index is 1.36. The molecule has 3 rings (SSSR count). The van der Waals surface area contributed by atoms with E-state index in [9.17, 15) is 57.8 Å². The molecule has 3 unspecified atom stereocenters. The molecule has 0 spiro atoms. The van der Waals surface area contributed by atoms with Gasteiger partial charge in [-0.25, -0.2) is 0 Å². The Morgan fingerprint density at radius 2 is 1.34 bits per heavy atom. The van der Waals surface area contributed by atoms with E-state index in [2.05, 4.69) is 79.7 Å². The molecule has 1 aliphatic carbocycles. The number of rotatable bonds is 25. The number of hydrogen-bond donors (Lipinski definition) is 11. The molecule has 65 heavy (non-hydrogen) atoms. The maximum absolute atomic E-state index is 13.2. The van der Waals surface area contributed by atoms with Gasteiger partial charge in [0.15, 0.2) is 0 Å². The van der Waals surface area contributed by atoms with E-state index in [-0.39, 0.29) is 49.6 Å². The van der Waals surface area contributed by atoms with Crippen LogP contribution < -0.4 is 47.9 Å². The Bertz CT molecular complexity index is 1970. The number of amides is 10. The summed E-state index contributed by atoms with van der Waals surface area (Å²) in [7, 11) is 0. The first-order chi connectivity index (χ1) is 30.7. The van der Waals surface area contributed by atoms with Crippen molar-refractivity contribution in [3.8, 4) is 0 Å². The SMILES string of the molecule is CC(=O)NC(CSC1CC(=O)N(CCCC(=O)Nc2c(Br)cc(Br)cc2CNC2CCC(O)CC2)C1=O)C(=O)NCC(=O)NCC(=O)NCC(=O)NCC(=O)NCC(=O)NC(C)C(=O)O. The number of benzene rings is 1. The van der Waals surface area contributed by atoms with Crippen LogP contribution in [0.5, 0.6) is 0 Å². The van der Waals surface area contributed by atoms with Gasteiger partial charge in [0.05, 0.1) is 49.8 Å². The third-order valence-corrected chi connectivity index (χ3v) is 12.2. The number of aliphatic carboxylic acids is 1. The summed E-state index contributed by atoms with van der Waals surface area (Å²) in [5.74, 6) is -7.95. The zero-order valence-electron chi connectivity index (χ0n) is 35.6. The van der Waals surface area contributed by atoms with Crippen molar-refractivity contribution in [3.05, 3.63) is 26.6 Å². The van der Waals surface area contributed by atoms with E-state index < -0.39 is 109 Å². The van der Waals surface area contributed by atoms with Gasteiger partial charge in [-0.2, -0.15) is 0 Å². The lowest BCUT2D eigenvalue weighted by Gasteiger charge is -2.27. The highest BCUT2D eigenvalue weighted by Gasteiger charge is 2.39. The number of hydrogen-bond acceptors (Lipinski definition) is 14. The second kappa shape index (κ2) is 27.3. The van der Waals surface area contributed by atoms with Gasteiger partial charge in [0.2, 0.25) is 59.1 Å². The molecule has 23 nitrogen and oxygen atoms in total. The highest BCUT2D eigenvalue weighted by molar-refractivity contribution is 9.11. The summed E-state index contributed by atoms with van der Waals surface area (Å²) in [5.41, 5.74) is 1.44. The zero-order valence-corrected chi connectivity index (χ0v) is 39.6. The average Bonchev–Trinajstić information content (AvgIpc) is 3.52. The number of nitrogens with zero attached hydrogens (tertiary/aromatic N) is 1. The summed E-state index contributed by atoms with van der Waals surface area (Å²) in [6.45, 7) is 0.00477. The predicted octanol–water partition coefficient (Wildman–Crippen LogP) is -2.14. The smallest absolute Gasteiger partial charge is 0.325 e. The average molecular weight is 1060 g/mol. The number of aliphatic hydroxyl groups excluding tert-OH is 1. The van der Waals surface area contributed by atoms with Crippen LogP contribution in [0.1, 0.15) is 64.4 Å². The van der Waals surface area contributed by atoms with Crippen molar-refractivity contribution >= 4 is 114 Å². The fraction of sp³-hybridized carbons (Fsp3) is 0.564. The molecule has 1 saturated heterocycles. The standard InChI is InChI=1S/C39H54Br2N10O13S/c1-20(39(63)64)48-34(59)18-46-32(57)16-44-30(55)14-43-31(56)15-45-33(58)17-47-37(61)27(49-21(2)52)19-65-28-12-35(60)51(38(28)62)9-3-4-29(54)50-36-22(10-23(40)11-26(36)41)13-42-24-5-7-25(53)8-6-24/h10-11,20,24-25,27-28,42,53H,3-9,12-19H2,1-2H3,(H,43,56)(H,44,55)(H,45,58)(H,46,57)(H,47,61)(H,48,59)(H,49,52)(H,50,54)(H,63,64). The monoisotopic (exact) mass is 1060 g/mol. The van der Waals surface area contributed by atoms with Crippen LogP contribution in [-0.4, -0.2) is 155 Å². The normalized spacial score (nSPS) is 17.8. The van der Waals surface area contributed by atoms with Crippen molar-refractivity contribution in [2.45, 2.75) is 94.8 Å². The molecule has 0 aromatic heterocycles. The molecule has 1 saturated carbocycles. The van der Waals surface area contributed by atoms with Crippen molar-refractivity contribution in [1.82, 2.24) is 47.4 Å². The van der Waals surface area contributed by atoms with Gasteiger partial charge in [0.1, 0.15) is 12.1 Å². The molecule has 358 valence electrons. The molecular formula is C39H54Br2N10O13S. The van der Waals surface area contributed by atoms with Crippen LogP contribution in [-0.2, 0) is 59.3 Å². The number of halogens is 2. The Hall–Kier alpha value is -5.18. The third kappa shape index (κ3) is 19.8. The Kier molecular flexibility index (Phi) is 22.8. The van der Waals surface area contributed by atoms with Crippen LogP contribution in [0.3, 0.4) is 0 Å². The molecule has 11 N–H and O–H groups in total. The summed E-state index contributed by atoms with van der Waals surface area (Å²) in [4.78, 5) is 136. The number of thioether (sulfide) groups is 1. The van der Waals surface area contributed by atoms with Crippen LogP contribution in [0.15, 0.2) is 21.1 Å². The second-order valence-electron chi connectivity index (χ2n) is 15.1. The Labute approximate surface area is 394 Å². The first-order valence-corrected chi connectivity index (χ1v) is 23.1. The summed E-state index contributed by atoms with van der Waals surface area (Å²) >= 11 is 7.99. The lowest BCUT2D eigenvalue weighted by Crippen LogP contribution is -2.51.